The molecule has 6 heteroatoms. The van der Waals surface area contributed by atoms with Gasteiger partial charge in [-0.05, 0) is 49.6 Å². The molecule has 0 unspecified atom stereocenters. The first-order valence-electron chi connectivity index (χ1n) is 8.87. The van der Waals surface area contributed by atoms with Crippen LogP contribution in [0.2, 0.25) is 0 Å². The zero-order chi connectivity index (χ0) is 17.1. The Labute approximate surface area is 146 Å². The van der Waals surface area contributed by atoms with Crippen molar-refractivity contribution in [1.29, 1.82) is 0 Å². The van der Waals surface area contributed by atoms with E-state index < -0.39 is 0 Å². The van der Waals surface area contributed by atoms with Crippen LogP contribution in [0.1, 0.15) is 41.4 Å². The first kappa shape index (κ1) is 16.0. The minimum absolute atomic E-state index is 0.105. The number of likely N-dealkylation sites (tertiary alicyclic amines) is 1. The van der Waals surface area contributed by atoms with Gasteiger partial charge >= 0.3 is 0 Å². The number of piperidine rings is 1. The molecule has 6 nitrogen and oxygen atoms in total. The largest absolute Gasteiger partial charge is 0.463 e. The number of rotatable bonds is 5. The van der Waals surface area contributed by atoms with Gasteiger partial charge in [0.2, 0.25) is 6.79 Å². The fourth-order valence-corrected chi connectivity index (χ4v) is 3.62. The SMILES string of the molecule is O=C(NC[C@H](c1ccco1)[NH+]1CCCCC1)c1ccc2c(c1)OCO2. The van der Waals surface area contributed by atoms with Gasteiger partial charge < -0.3 is 24.1 Å². The molecule has 1 atom stereocenters. The molecule has 1 aromatic carbocycles. The predicted molar refractivity (Wildman–Crippen MR) is 90.9 cm³/mol. The van der Waals surface area contributed by atoms with Gasteiger partial charge in [0, 0.05) is 5.56 Å². The quantitative estimate of drug-likeness (QED) is 0.865. The van der Waals surface area contributed by atoms with Crippen molar-refractivity contribution in [3.63, 3.8) is 0 Å². The van der Waals surface area contributed by atoms with Crippen molar-refractivity contribution in [2.24, 2.45) is 0 Å². The van der Waals surface area contributed by atoms with E-state index in [0.717, 1.165) is 18.8 Å². The summed E-state index contributed by atoms with van der Waals surface area (Å²) in [5.74, 6) is 2.13. The molecule has 0 bridgehead atoms. The summed E-state index contributed by atoms with van der Waals surface area (Å²) < 4.78 is 16.3. The Morgan fingerprint density at radius 2 is 1.96 bits per heavy atom. The molecule has 0 saturated carbocycles. The highest BCUT2D eigenvalue weighted by Gasteiger charge is 2.29. The Morgan fingerprint density at radius 3 is 2.76 bits per heavy atom. The van der Waals surface area contributed by atoms with Crippen LogP contribution < -0.4 is 19.7 Å². The Morgan fingerprint density at radius 1 is 1.12 bits per heavy atom. The van der Waals surface area contributed by atoms with Crippen LogP contribution in [0.5, 0.6) is 11.5 Å². The van der Waals surface area contributed by atoms with Crippen molar-refractivity contribution >= 4 is 5.91 Å². The number of benzene rings is 1. The number of nitrogens with one attached hydrogen (secondary N) is 2. The summed E-state index contributed by atoms with van der Waals surface area (Å²) in [6.45, 7) is 2.99. The highest BCUT2D eigenvalue weighted by atomic mass is 16.7. The molecule has 0 radical (unpaired) electrons. The summed E-state index contributed by atoms with van der Waals surface area (Å²) in [7, 11) is 0. The summed E-state index contributed by atoms with van der Waals surface area (Å²) in [6.07, 6.45) is 5.44. The number of furan rings is 1. The van der Waals surface area contributed by atoms with E-state index in [1.54, 1.807) is 24.5 Å². The number of hydrogen-bond acceptors (Lipinski definition) is 4. The summed E-state index contributed by atoms with van der Waals surface area (Å²) in [4.78, 5) is 14.0. The van der Waals surface area contributed by atoms with Crippen LogP contribution in [-0.2, 0) is 0 Å². The molecule has 2 aromatic rings. The average molecular weight is 343 g/mol. The minimum atomic E-state index is -0.105. The maximum absolute atomic E-state index is 12.6. The van der Waals surface area contributed by atoms with E-state index in [-0.39, 0.29) is 18.7 Å². The first-order chi connectivity index (χ1) is 12.3. The Balaban J connectivity index is 1.44. The van der Waals surface area contributed by atoms with E-state index in [0.29, 0.717) is 23.6 Å². The summed E-state index contributed by atoms with van der Waals surface area (Å²) in [5, 5.41) is 3.06. The first-order valence-corrected chi connectivity index (χ1v) is 8.87. The van der Waals surface area contributed by atoms with Crippen molar-refractivity contribution < 1.29 is 23.6 Å². The molecule has 1 saturated heterocycles. The van der Waals surface area contributed by atoms with Gasteiger partial charge in [-0.3, -0.25) is 4.79 Å². The van der Waals surface area contributed by atoms with Crippen molar-refractivity contribution in [3.8, 4) is 11.5 Å². The van der Waals surface area contributed by atoms with Crippen molar-refractivity contribution in [1.82, 2.24) is 5.32 Å². The van der Waals surface area contributed by atoms with Gasteiger partial charge in [0.05, 0.1) is 25.9 Å². The molecule has 1 aromatic heterocycles. The summed E-state index contributed by atoms with van der Waals surface area (Å²) in [6, 6.07) is 9.32. The number of carbonyl (C=O) groups excluding carboxylic acids is 1. The Bertz CT molecular complexity index is 723. The molecule has 0 spiro atoms. The maximum Gasteiger partial charge on any atom is 0.251 e. The van der Waals surface area contributed by atoms with Crippen LogP contribution in [0.25, 0.3) is 0 Å². The molecule has 1 fully saturated rings. The number of carbonyl (C=O) groups is 1. The van der Waals surface area contributed by atoms with Crippen LogP contribution in [0.4, 0.5) is 0 Å². The molecule has 132 valence electrons. The standard InChI is InChI=1S/C19H22N2O4/c22-19(14-6-7-17-18(11-14)25-13-24-17)20-12-15(16-5-4-10-23-16)21-8-2-1-3-9-21/h4-7,10-11,15H,1-3,8-9,12-13H2,(H,20,22)/p+1/t15-/m1/s1. The van der Waals surface area contributed by atoms with Crippen LogP contribution in [-0.4, -0.2) is 32.3 Å². The fraction of sp³-hybridized carbons (Fsp3) is 0.421. The van der Waals surface area contributed by atoms with Crippen LogP contribution in [0.3, 0.4) is 0 Å². The predicted octanol–water partition coefficient (Wildman–Crippen LogP) is 1.55. The van der Waals surface area contributed by atoms with E-state index in [4.69, 9.17) is 13.9 Å². The number of ether oxygens (including phenoxy) is 2. The topological polar surface area (TPSA) is 65.1 Å². The lowest BCUT2D eigenvalue weighted by Gasteiger charge is -2.30. The lowest BCUT2D eigenvalue weighted by molar-refractivity contribution is -0.936. The van der Waals surface area contributed by atoms with E-state index in [1.807, 2.05) is 12.1 Å². The lowest BCUT2D eigenvalue weighted by Crippen LogP contribution is -3.13. The number of hydrogen-bond donors (Lipinski definition) is 2. The highest BCUT2D eigenvalue weighted by molar-refractivity contribution is 5.94. The zero-order valence-corrected chi connectivity index (χ0v) is 14.1. The van der Waals surface area contributed by atoms with Gasteiger partial charge in [-0.25, -0.2) is 0 Å². The number of fused-ring (bicyclic) bond motifs is 1. The summed E-state index contributed by atoms with van der Waals surface area (Å²) in [5.41, 5.74) is 0.580. The lowest BCUT2D eigenvalue weighted by atomic mass is 10.1. The van der Waals surface area contributed by atoms with E-state index >= 15 is 0 Å². The van der Waals surface area contributed by atoms with Crippen LogP contribution >= 0.6 is 0 Å². The van der Waals surface area contributed by atoms with Crippen molar-refractivity contribution in [2.75, 3.05) is 26.4 Å². The number of amides is 1. The van der Waals surface area contributed by atoms with E-state index in [2.05, 4.69) is 5.32 Å². The third kappa shape index (κ3) is 3.49. The van der Waals surface area contributed by atoms with Gasteiger partial charge in [-0.15, -0.1) is 0 Å². The van der Waals surface area contributed by atoms with Gasteiger partial charge in [0.15, 0.2) is 23.3 Å². The van der Waals surface area contributed by atoms with Crippen molar-refractivity contribution in [2.45, 2.75) is 25.3 Å². The Hall–Kier alpha value is -2.47. The van der Waals surface area contributed by atoms with Gasteiger partial charge in [0.1, 0.15) is 0 Å². The molecule has 0 aliphatic carbocycles. The van der Waals surface area contributed by atoms with Gasteiger partial charge in [-0.1, -0.05) is 0 Å². The molecule has 2 N–H and O–H groups in total. The molecule has 1 amide bonds. The van der Waals surface area contributed by atoms with E-state index in [1.165, 1.54) is 24.2 Å². The average Bonchev–Trinajstić information content (AvgIpc) is 3.34. The van der Waals surface area contributed by atoms with Gasteiger partial charge in [0.25, 0.3) is 5.91 Å². The highest BCUT2D eigenvalue weighted by Crippen LogP contribution is 2.32. The molecule has 2 aliphatic rings. The summed E-state index contributed by atoms with van der Waals surface area (Å²) >= 11 is 0. The fourth-order valence-electron chi connectivity index (χ4n) is 3.62. The monoisotopic (exact) mass is 343 g/mol. The zero-order valence-electron chi connectivity index (χ0n) is 14.1. The second-order valence-corrected chi connectivity index (χ2v) is 6.56. The van der Waals surface area contributed by atoms with Crippen LogP contribution in [0.15, 0.2) is 41.0 Å². The molecular weight excluding hydrogens is 320 g/mol. The second kappa shape index (κ2) is 7.19. The number of quaternary nitrogens is 1. The maximum atomic E-state index is 12.6. The molecular formula is C19H23N2O4+. The van der Waals surface area contributed by atoms with E-state index in [9.17, 15) is 4.79 Å². The molecule has 3 heterocycles. The van der Waals surface area contributed by atoms with Crippen molar-refractivity contribution in [3.05, 3.63) is 47.9 Å². The second-order valence-electron chi connectivity index (χ2n) is 6.56. The molecule has 2 aliphatic heterocycles. The van der Waals surface area contributed by atoms with Crippen LogP contribution in [0, 0.1) is 0 Å². The smallest absolute Gasteiger partial charge is 0.251 e. The normalized spacial score (nSPS) is 18.1. The molecule has 4 rings (SSSR count). The molecule has 25 heavy (non-hydrogen) atoms. The van der Waals surface area contributed by atoms with Gasteiger partial charge in [-0.2, -0.15) is 0 Å². The third-order valence-corrected chi connectivity index (χ3v) is 4.98. The third-order valence-electron chi connectivity index (χ3n) is 4.98. The Kier molecular flexibility index (Phi) is 4.61. The minimum Gasteiger partial charge on any atom is -0.463 e.